The van der Waals surface area contributed by atoms with Gasteiger partial charge in [0, 0.05) is 15.9 Å². The van der Waals surface area contributed by atoms with Crippen molar-refractivity contribution in [1.82, 2.24) is 0 Å². The van der Waals surface area contributed by atoms with Crippen molar-refractivity contribution in [3.8, 4) is 33.4 Å². The first-order valence-electron chi connectivity index (χ1n) is 21.9. The predicted molar refractivity (Wildman–Crippen MR) is 280 cm³/mol. The second-order valence-corrected chi connectivity index (χ2v) is 23.2. The first-order valence-corrected chi connectivity index (χ1v) is 26.3. The van der Waals surface area contributed by atoms with Crippen molar-refractivity contribution in [1.29, 1.82) is 0 Å². The Morgan fingerprint density at radius 1 is 0.312 bits per heavy atom. The van der Waals surface area contributed by atoms with Crippen molar-refractivity contribution < 1.29 is 4.57 Å². The van der Waals surface area contributed by atoms with Gasteiger partial charge in [-0.05, 0) is 130 Å². The summed E-state index contributed by atoms with van der Waals surface area (Å²) in [6.07, 6.45) is 9.26. The molecule has 0 bridgehead atoms. The van der Waals surface area contributed by atoms with Gasteiger partial charge in [0.05, 0.1) is 0 Å². The van der Waals surface area contributed by atoms with Gasteiger partial charge in [-0.15, -0.1) is 0 Å². The van der Waals surface area contributed by atoms with Crippen LogP contribution in [0.4, 0.5) is 0 Å². The summed E-state index contributed by atoms with van der Waals surface area (Å²) in [5, 5.41) is 10.5. The highest BCUT2D eigenvalue weighted by molar-refractivity contribution is 7.85. The molecular weight excluding hydrogens is 830 g/mol. The van der Waals surface area contributed by atoms with Crippen LogP contribution in [0.5, 0.6) is 0 Å². The molecule has 1 unspecified atom stereocenters. The van der Waals surface area contributed by atoms with Gasteiger partial charge in [0.25, 0.3) is 0 Å². The molecule has 1 aliphatic carbocycles. The first-order chi connectivity index (χ1) is 31.6. The van der Waals surface area contributed by atoms with Crippen LogP contribution in [0.1, 0.15) is 12.8 Å². The molecule has 0 aliphatic heterocycles. The lowest BCUT2D eigenvalue weighted by Crippen LogP contribution is -2.25. The van der Waals surface area contributed by atoms with Crippen LogP contribution in [0, 0.1) is 0 Å². The summed E-state index contributed by atoms with van der Waals surface area (Å²) in [4.78, 5) is 0. The van der Waals surface area contributed by atoms with Gasteiger partial charge in [-0.2, -0.15) is 0 Å². The van der Waals surface area contributed by atoms with Gasteiger partial charge in [0.1, 0.15) is 0 Å². The third-order valence-electron chi connectivity index (χ3n) is 11.9. The molecule has 1 aliphatic rings. The van der Waals surface area contributed by atoms with Gasteiger partial charge in [0.2, 0.25) is 0 Å². The number of hydrogen-bond donors (Lipinski definition) is 0. The first kappa shape index (κ1) is 41.6. The van der Waals surface area contributed by atoms with E-state index in [1.807, 2.05) is 66.7 Å². The molecule has 0 saturated heterocycles. The van der Waals surface area contributed by atoms with Crippen LogP contribution in [0.3, 0.4) is 0 Å². The summed E-state index contributed by atoms with van der Waals surface area (Å²) in [7, 11) is -4.76. The van der Waals surface area contributed by atoms with Gasteiger partial charge in [-0.3, -0.25) is 0 Å². The Morgan fingerprint density at radius 3 is 1.14 bits per heavy atom. The smallest absolute Gasteiger partial charge is 0.171 e. The van der Waals surface area contributed by atoms with Gasteiger partial charge in [0.15, 0.2) is 7.14 Å². The molecule has 0 radical (unpaired) electrons. The fourth-order valence-electron chi connectivity index (χ4n) is 8.77. The Kier molecular flexibility index (Phi) is 12.4. The van der Waals surface area contributed by atoms with E-state index >= 15 is 4.57 Å². The molecule has 0 N–H and O–H groups in total. The molecule has 0 fully saturated rings. The SMILES string of the molecule is O=P(c1ccccc1)(c1ccccc1)c1cccc(-c2cc(-c3cccc(P(C4=CCCC=C4)c4ccccc4)c3)cc(-c3cccc(P(c4ccccc4)c4ccccc4)c3)c2)c1. The minimum Gasteiger partial charge on any atom is -0.309 e. The lowest BCUT2D eigenvalue weighted by molar-refractivity contribution is 0.592. The number of benzene rings is 9. The average Bonchev–Trinajstić information content (AvgIpc) is 3.38. The van der Waals surface area contributed by atoms with E-state index in [1.54, 1.807) is 0 Å². The van der Waals surface area contributed by atoms with Crippen LogP contribution < -0.4 is 42.4 Å². The Bertz CT molecular complexity index is 3040. The molecule has 64 heavy (non-hydrogen) atoms. The zero-order chi connectivity index (χ0) is 43.1. The van der Waals surface area contributed by atoms with Crippen molar-refractivity contribution in [3.63, 3.8) is 0 Å². The molecule has 9 aromatic carbocycles. The topological polar surface area (TPSA) is 17.1 Å². The van der Waals surface area contributed by atoms with E-state index in [0.29, 0.717) is 0 Å². The predicted octanol–water partition coefficient (Wildman–Crippen LogP) is 12.8. The van der Waals surface area contributed by atoms with E-state index in [-0.39, 0.29) is 0 Å². The normalized spacial score (nSPS) is 13.0. The van der Waals surface area contributed by atoms with Crippen molar-refractivity contribution >= 4 is 65.4 Å². The average molecular weight is 877 g/mol. The van der Waals surface area contributed by atoms with Crippen molar-refractivity contribution in [2.24, 2.45) is 0 Å². The minimum absolute atomic E-state index is 0.751. The Morgan fingerprint density at radius 2 is 0.688 bits per heavy atom. The zero-order valence-corrected chi connectivity index (χ0v) is 38.2. The molecule has 0 heterocycles. The highest BCUT2D eigenvalue weighted by atomic mass is 31.2. The monoisotopic (exact) mass is 876 g/mol. The van der Waals surface area contributed by atoms with E-state index < -0.39 is 23.0 Å². The summed E-state index contributed by atoms with van der Waals surface area (Å²) in [6, 6.07) is 86.6. The molecule has 10 rings (SSSR count). The van der Waals surface area contributed by atoms with Gasteiger partial charge in [-0.25, -0.2) is 0 Å². The van der Waals surface area contributed by atoms with E-state index in [9.17, 15) is 0 Å². The molecule has 4 heteroatoms. The summed E-state index contributed by atoms with van der Waals surface area (Å²) >= 11 is 0. The van der Waals surface area contributed by atoms with Gasteiger partial charge in [-0.1, -0.05) is 224 Å². The molecule has 1 atom stereocenters. The highest BCUT2D eigenvalue weighted by Gasteiger charge is 2.30. The number of hydrogen-bond acceptors (Lipinski definition) is 1. The summed E-state index contributed by atoms with van der Waals surface area (Å²) in [6.45, 7) is 0. The lowest BCUT2D eigenvalue weighted by Gasteiger charge is -2.23. The summed E-state index contributed by atoms with van der Waals surface area (Å²) < 4.78 is 15.7. The minimum atomic E-state index is -3.21. The molecule has 0 aromatic heterocycles. The maximum atomic E-state index is 15.7. The van der Waals surface area contributed by atoms with Crippen LogP contribution in [-0.2, 0) is 4.57 Å². The maximum Gasteiger partial charge on any atom is 0.171 e. The Balaban J connectivity index is 1.15. The summed E-state index contributed by atoms with van der Waals surface area (Å²) in [5.74, 6) is 0. The zero-order valence-electron chi connectivity index (χ0n) is 35.5. The number of allylic oxidation sites excluding steroid dienone is 4. The highest BCUT2D eigenvalue weighted by Crippen LogP contribution is 2.47. The lowest BCUT2D eigenvalue weighted by atomic mass is 9.93. The van der Waals surface area contributed by atoms with E-state index in [4.69, 9.17) is 0 Å². The van der Waals surface area contributed by atoms with Crippen molar-refractivity contribution in [3.05, 3.63) is 266 Å². The van der Waals surface area contributed by atoms with E-state index in [1.165, 1.54) is 37.4 Å². The van der Waals surface area contributed by atoms with E-state index in [0.717, 1.165) is 56.6 Å². The van der Waals surface area contributed by atoms with Crippen molar-refractivity contribution in [2.45, 2.75) is 12.8 Å². The maximum absolute atomic E-state index is 15.7. The second kappa shape index (κ2) is 19.1. The Labute approximate surface area is 380 Å². The van der Waals surface area contributed by atoms with Gasteiger partial charge >= 0.3 is 0 Å². The fourth-order valence-corrected chi connectivity index (χ4v) is 16.2. The molecule has 9 aromatic rings. The molecular formula is C60H47OP3. The van der Waals surface area contributed by atoms with E-state index in [2.05, 4.69) is 194 Å². The molecule has 0 spiro atoms. The van der Waals surface area contributed by atoms with Crippen LogP contribution >= 0.6 is 23.0 Å². The second-order valence-electron chi connectivity index (χ2n) is 16.0. The molecule has 0 saturated carbocycles. The third kappa shape index (κ3) is 8.74. The Hall–Kier alpha value is -6.45. The quantitative estimate of drug-likeness (QED) is 0.112. The fraction of sp³-hybridized carbons (Fsp3) is 0.0333. The van der Waals surface area contributed by atoms with Crippen LogP contribution in [0.15, 0.2) is 266 Å². The third-order valence-corrected chi connectivity index (χ3v) is 19.8. The number of rotatable bonds is 12. The van der Waals surface area contributed by atoms with Crippen LogP contribution in [0.2, 0.25) is 0 Å². The largest absolute Gasteiger partial charge is 0.309 e. The van der Waals surface area contributed by atoms with Crippen LogP contribution in [0.25, 0.3) is 33.4 Å². The molecule has 1 nitrogen and oxygen atoms in total. The standard InChI is InChI=1S/C60H47OP3/c61-64(58-35-15-5-16-36-58,59-37-17-6-18-38-59)60-39-21-24-48(45-60)51-41-49(46-22-19-33-56(43-46)62(52-25-7-1-8-26-52)53-27-9-2-10-28-53)40-50(42-51)47-23-20-34-57(44-47)63(54-29-11-3-12-30-54)55-31-13-4-14-32-55/h1-3,5-13,15-45H,4,14H2. The molecule has 0 amide bonds. The van der Waals surface area contributed by atoms with Gasteiger partial charge < -0.3 is 4.57 Å². The summed E-state index contributed by atoms with van der Waals surface area (Å²) in [5.41, 5.74) is 6.72. The molecule has 308 valence electrons. The van der Waals surface area contributed by atoms with Crippen LogP contribution in [-0.4, -0.2) is 0 Å². The van der Waals surface area contributed by atoms with Crippen molar-refractivity contribution in [2.75, 3.05) is 0 Å².